The molecule has 1 fully saturated rings. The number of nitrogens with one attached hydrogen (secondary N) is 1. The Hall–Kier alpha value is -0.870. The molecule has 1 N–H and O–H groups in total. The van der Waals surface area contributed by atoms with Gasteiger partial charge in [0.25, 0.3) is 0 Å². The molecule has 1 aliphatic rings. The maximum Gasteiger partial charge on any atom is 0.219 e. The Morgan fingerprint density at radius 3 is 3.00 bits per heavy atom. The molecule has 0 spiro atoms. The number of carbonyl (C=O) groups is 1. The molecule has 0 bridgehead atoms. The minimum Gasteiger partial charge on any atom is -0.340 e. The topological polar surface area (TPSA) is 32.3 Å². The van der Waals surface area contributed by atoms with Crippen LogP contribution in [0.4, 0.5) is 0 Å². The maximum atomic E-state index is 11.4. The summed E-state index contributed by atoms with van der Waals surface area (Å²) >= 11 is 3.57. The van der Waals surface area contributed by atoms with E-state index < -0.39 is 0 Å². The van der Waals surface area contributed by atoms with Gasteiger partial charge < -0.3 is 10.2 Å². The minimum absolute atomic E-state index is 0.183. The predicted octanol–water partition coefficient (Wildman–Crippen LogP) is 2.20. The molecule has 0 aliphatic carbocycles. The Kier molecular flexibility index (Phi) is 4.78. The summed E-state index contributed by atoms with van der Waals surface area (Å²) in [6.45, 7) is 4.22. The number of benzene rings is 1. The summed E-state index contributed by atoms with van der Waals surface area (Å²) in [6, 6.07) is 8.73. The zero-order chi connectivity index (χ0) is 13.0. The van der Waals surface area contributed by atoms with E-state index in [9.17, 15) is 4.79 Å². The Labute approximate surface area is 117 Å². The average Bonchev–Trinajstić information content (AvgIpc) is 2.38. The molecule has 18 heavy (non-hydrogen) atoms. The molecule has 4 heteroatoms. The second kappa shape index (κ2) is 6.34. The SMILES string of the molecule is CC(=O)N1CCNC(CCc2ccccc2Br)C1. The highest BCUT2D eigenvalue weighted by Crippen LogP contribution is 2.18. The molecule has 1 atom stereocenters. The highest BCUT2D eigenvalue weighted by Gasteiger charge is 2.20. The average molecular weight is 311 g/mol. The van der Waals surface area contributed by atoms with E-state index >= 15 is 0 Å². The summed E-state index contributed by atoms with van der Waals surface area (Å²) in [7, 11) is 0. The van der Waals surface area contributed by atoms with E-state index in [0.717, 1.165) is 32.5 Å². The van der Waals surface area contributed by atoms with Gasteiger partial charge in [-0.15, -0.1) is 0 Å². The molecule has 1 heterocycles. The summed E-state index contributed by atoms with van der Waals surface area (Å²) in [4.78, 5) is 13.3. The molecule has 0 saturated carbocycles. The molecule has 98 valence electrons. The van der Waals surface area contributed by atoms with Crippen LogP contribution in [0, 0.1) is 0 Å². The molecule has 1 aliphatic heterocycles. The molecule has 2 rings (SSSR count). The Morgan fingerprint density at radius 1 is 1.50 bits per heavy atom. The minimum atomic E-state index is 0.183. The fourth-order valence-electron chi connectivity index (χ4n) is 2.34. The van der Waals surface area contributed by atoms with Gasteiger partial charge in [0, 0.05) is 37.1 Å². The number of hydrogen-bond acceptors (Lipinski definition) is 2. The summed E-state index contributed by atoms with van der Waals surface area (Å²) < 4.78 is 1.17. The quantitative estimate of drug-likeness (QED) is 0.928. The Morgan fingerprint density at radius 2 is 2.28 bits per heavy atom. The van der Waals surface area contributed by atoms with Crippen molar-refractivity contribution in [3.63, 3.8) is 0 Å². The van der Waals surface area contributed by atoms with Gasteiger partial charge in [-0.3, -0.25) is 4.79 Å². The van der Waals surface area contributed by atoms with Crippen LogP contribution in [0.2, 0.25) is 0 Å². The first kappa shape index (κ1) is 13.6. The lowest BCUT2D eigenvalue weighted by atomic mass is 10.0. The fourth-order valence-corrected chi connectivity index (χ4v) is 2.82. The van der Waals surface area contributed by atoms with Crippen LogP contribution in [0.3, 0.4) is 0 Å². The molecule has 0 radical (unpaired) electrons. The monoisotopic (exact) mass is 310 g/mol. The van der Waals surface area contributed by atoms with E-state index in [1.165, 1.54) is 10.0 Å². The normalized spacial score (nSPS) is 19.9. The van der Waals surface area contributed by atoms with Crippen molar-refractivity contribution < 1.29 is 4.79 Å². The van der Waals surface area contributed by atoms with Crippen LogP contribution in [0.15, 0.2) is 28.7 Å². The second-order valence-corrected chi connectivity index (χ2v) is 5.60. The number of hydrogen-bond donors (Lipinski definition) is 1. The predicted molar refractivity (Wildman–Crippen MR) is 76.5 cm³/mol. The Bertz CT molecular complexity index is 422. The summed E-state index contributed by atoms with van der Waals surface area (Å²) in [5.74, 6) is 0.183. The van der Waals surface area contributed by atoms with Crippen LogP contribution in [0.25, 0.3) is 0 Å². The first-order chi connectivity index (χ1) is 8.66. The van der Waals surface area contributed by atoms with E-state index in [-0.39, 0.29) is 5.91 Å². The van der Waals surface area contributed by atoms with E-state index in [1.54, 1.807) is 6.92 Å². The molecule has 3 nitrogen and oxygen atoms in total. The standard InChI is InChI=1S/C14H19BrN2O/c1-11(18)17-9-8-16-13(10-17)7-6-12-4-2-3-5-14(12)15/h2-5,13,16H,6-10H2,1H3. The molecular formula is C14H19BrN2O. The summed E-state index contributed by atoms with van der Waals surface area (Å²) in [5, 5.41) is 3.48. The summed E-state index contributed by atoms with van der Waals surface area (Å²) in [5.41, 5.74) is 1.33. The van der Waals surface area contributed by atoms with Gasteiger partial charge in [-0.25, -0.2) is 0 Å². The molecule has 1 aromatic carbocycles. The first-order valence-electron chi connectivity index (χ1n) is 6.39. The lowest BCUT2D eigenvalue weighted by molar-refractivity contribution is -0.130. The van der Waals surface area contributed by atoms with Gasteiger partial charge >= 0.3 is 0 Å². The van der Waals surface area contributed by atoms with Gasteiger partial charge in [-0.2, -0.15) is 0 Å². The smallest absolute Gasteiger partial charge is 0.219 e. The lowest BCUT2D eigenvalue weighted by Crippen LogP contribution is -2.52. The van der Waals surface area contributed by atoms with Crippen molar-refractivity contribution in [1.82, 2.24) is 10.2 Å². The van der Waals surface area contributed by atoms with Crippen LogP contribution >= 0.6 is 15.9 Å². The van der Waals surface area contributed by atoms with Crippen molar-refractivity contribution in [3.8, 4) is 0 Å². The van der Waals surface area contributed by atoms with Gasteiger partial charge in [0.2, 0.25) is 5.91 Å². The zero-order valence-corrected chi connectivity index (χ0v) is 12.2. The number of halogens is 1. The largest absolute Gasteiger partial charge is 0.340 e. The second-order valence-electron chi connectivity index (χ2n) is 4.75. The molecular weight excluding hydrogens is 292 g/mol. The number of rotatable bonds is 3. The van der Waals surface area contributed by atoms with Gasteiger partial charge in [-0.1, -0.05) is 34.1 Å². The van der Waals surface area contributed by atoms with Crippen LogP contribution in [-0.4, -0.2) is 36.5 Å². The van der Waals surface area contributed by atoms with Crippen molar-refractivity contribution >= 4 is 21.8 Å². The van der Waals surface area contributed by atoms with Gasteiger partial charge in [-0.05, 0) is 24.5 Å². The third-order valence-corrected chi connectivity index (χ3v) is 4.19. The number of aryl methyl sites for hydroxylation is 1. The van der Waals surface area contributed by atoms with Crippen molar-refractivity contribution in [3.05, 3.63) is 34.3 Å². The first-order valence-corrected chi connectivity index (χ1v) is 7.18. The fraction of sp³-hybridized carbons (Fsp3) is 0.500. The van der Waals surface area contributed by atoms with E-state index in [4.69, 9.17) is 0 Å². The molecule has 1 aromatic rings. The van der Waals surface area contributed by atoms with Gasteiger partial charge in [0.1, 0.15) is 0 Å². The highest BCUT2D eigenvalue weighted by atomic mass is 79.9. The van der Waals surface area contributed by atoms with Gasteiger partial charge in [0.15, 0.2) is 0 Å². The third kappa shape index (κ3) is 3.56. The number of nitrogens with zero attached hydrogens (tertiary/aromatic N) is 1. The number of carbonyl (C=O) groups excluding carboxylic acids is 1. The maximum absolute atomic E-state index is 11.4. The van der Waals surface area contributed by atoms with Crippen LogP contribution in [0.5, 0.6) is 0 Å². The van der Waals surface area contributed by atoms with Crippen molar-refractivity contribution in [2.45, 2.75) is 25.8 Å². The van der Waals surface area contributed by atoms with Crippen molar-refractivity contribution in [2.24, 2.45) is 0 Å². The van der Waals surface area contributed by atoms with Crippen LogP contribution < -0.4 is 5.32 Å². The van der Waals surface area contributed by atoms with Crippen molar-refractivity contribution in [2.75, 3.05) is 19.6 Å². The number of piperazine rings is 1. The van der Waals surface area contributed by atoms with Gasteiger partial charge in [0.05, 0.1) is 0 Å². The van der Waals surface area contributed by atoms with Crippen LogP contribution in [0.1, 0.15) is 18.9 Å². The summed E-state index contributed by atoms with van der Waals surface area (Å²) in [6.07, 6.45) is 2.09. The third-order valence-electron chi connectivity index (χ3n) is 3.42. The lowest BCUT2D eigenvalue weighted by Gasteiger charge is -2.33. The van der Waals surface area contributed by atoms with E-state index in [1.807, 2.05) is 11.0 Å². The highest BCUT2D eigenvalue weighted by molar-refractivity contribution is 9.10. The van der Waals surface area contributed by atoms with Crippen molar-refractivity contribution in [1.29, 1.82) is 0 Å². The molecule has 0 aromatic heterocycles. The number of amides is 1. The molecule has 1 saturated heterocycles. The zero-order valence-electron chi connectivity index (χ0n) is 10.7. The molecule has 1 unspecified atom stereocenters. The van der Waals surface area contributed by atoms with E-state index in [0.29, 0.717) is 6.04 Å². The van der Waals surface area contributed by atoms with Crippen LogP contribution in [-0.2, 0) is 11.2 Å². The molecule has 1 amide bonds. The Balaban J connectivity index is 1.87. The van der Waals surface area contributed by atoms with E-state index in [2.05, 4.69) is 39.4 Å².